The maximum absolute atomic E-state index is 11.6. The van der Waals surface area contributed by atoms with Crippen LogP contribution in [0.5, 0.6) is 5.75 Å². The van der Waals surface area contributed by atoms with Crippen molar-refractivity contribution in [2.24, 2.45) is 10.9 Å². The van der Waals surface area contributed by atoms with Gasteiger partial charge >= 0.3 is 0 Å². The number of rotatable bonds is 6. The number of benzene rings is 2. The number of hydrogen-bond acceptors (Lipinski definition) is 4. The average molecular weight is 312 g/mol. The van der Waals surface area contributed by atoms with Crippen LogP contribution in [-0.2, 0) is 16.2 Å². The van der Waals surface area contributed by atoms with Gasteiger partial charge in [-0.2, -0.15) is 0 Å². The van der Waals surface area contributed by atoms with E-state index in [0.717, 1.165) is 22.4 Å². The molecule has 2 rings (SSSR count). The fraction of sp³-hybridized carbons (Fsp3) is 0.222. The summed E-state index contributed by atoms with van der Waals surface area (Å²) in [5.41, 5.74) is 9.05. The van der Waals surface area contributed by atoms with Crippen LogP contribution in [0.1, 0.15) is 22.3 Å². The minimum atomic E-state index is -0.647. The molecule has 120 valence electrons. The standard InChI is InChI=1S/C18H20N2O3/c1-12-8-9-13(2)16(10-12)23-11-14-6-4-5-7-15(14)17(18(19)21)20-22-3/h4-10H,11H2,1-3H3,(H2,19,21)/b20-17+. The van der Waals surface area contributed by atoms with Gasteiger partial charge in [0, 0.05) is 5.56 Å². The number of primary amides is 1. The molecular weight excluding hydrogens is 292 g/mol. The highest BCUT2D eigenvalue weighted by Gasteiger charge is 2.16. The van der Waals surface area contributed by atoms with Crippen LogP contribution < -0.4 is 10.5 Å². The minimum absolute atomic E-state index is 0.0765. The summed E-state index contributed by atoms with van der Waals surface area (Å²) < 4.78 is 5.90. The maximum Gasteiger partial charge on any atom is 0.271 e. The van der Waals surface area contributed by atoms with Crippen LogP contribution in [0.4, 0.5) is 0 Å². The normalized spacial score (nSPS) is 11.2. The number of nitrogens with zero attached hydrogens (tertiary/aromatic N) is 1. The topological polar surface area (TPSA) is 73.9 Å². The van der Waals surface area contributed by atoms with Gasteiger partial charge in [-0.15, -0.1) is 0 Å². The summed E-state index contributed by atoms with van der Waals surface area (Å²) >= 11 is 0. The molecule has 0 aliphatic rings. The van der Waals surface area contributed by atoms with Gasteiger partial charge in [-0.25, -0.2) is 0 Å². The molecule has 0 saturated heterocycles. The molecule has 5 heteroatoms. The third kappa shape index (κ3) is 4.10. The number of carbonyl (C=O) groups excluding carboxylic acids is 1. The number of amides is 1. The van der Waals surface area contributed by atoms with E-state index in [1.54, 1.807) is 6.07 Å². The van der Waals surface area contributed by atoms with Crippen molar-refractivity contribution in [3.8, 4) is 5.75 Å². The summed E-state index contributed by atoms with van der Waals surface area (Å²) in [7, 11) is 1.37. The molecule has 23 heavy (non-hydrogen) atoms. The third-order valence-corrected chi connectivity index (χ3v) is 3.42. The van der Waals surface area contributed by atoms with Gasteiger partial charge in [-0.1, -0.05) is 41.6 Å². The number of hydrogen-bond donors (Lipinski definition) is 1. The molecule has 1 amide bonds. The van der Waals surface area contributed by atoms with E-state index >= 15 is 0 Å². The second-order valence-corrected chi connectivity index (χ2v) is 5.20. The number of nitrogens with two attached hydrogens (primary N) is 1. The second kappa shape index (κ2) is 7.45. The number of oxime groups is 1. The third-order valence-electron chi connectivity index (χ3n) is 3.42. The molecular formula is C18H20N2O3. The Labute approximate surface area is 135 Å². The van der Waals surface area contributed by atoms with Crippen LogP contribution in [0.2, 0.25) is 0 Å². The first-order valence-corrected chi connectivity index (χ1v) is 7.22. The Hall–Kier alpha value is -2.82. The molecule has 2 aromatic rings. The summed E-state index contributed by atoms with van der Waals surface area (Å²) in [5, 5.41) is 3.73. The summed E-state index contributed by atoms with van der Waals surface area (Å²) in [6, 6.07) is 13.3. The lowest BCUT2D eigenvalue weighted by Gasteiger charge is -2.13. The largest absolute Gasteiger partial charge is 0.489 e. The summed E-state index contributed by atoms with van der Waals surface area (Å²) in [5.74, 6) is 0.162. The van der Waals surface area contributed by atoms with E-state index < -0.39 is 5.91 Å². The Morgan fingerprint density at radius 2 is 1.91 bits per heavy atom. The van der Waals surface area contributed by atoms with Crippen LogP contribution in [0.3, 0.4) is 0 Å². The van der Waals surface area contributed by atoms with Gasteiger partial charge in [0.2, 0.25) is 0 Å². The van der Waals surface area contributed by atoms with Crippen molar-refractivity contribution < 1.29 is 14.4 Å². The molecule has 2 N–H and O–H groups in total. The van der Waals surface area contributed by atoms with Crippen molar-refractivity contribution in [3.63, 3.8) is 0 Å². The summed E-state index contributed by atoms with van der Waals surface area (Å²) in [4.78, 5) is 16.3. The van der Waals surface area contributed by atoms with E-state index in [0.29, 0.717) is 12.2 Å². The number of ether oxygens (including phenoxy) is 1. The summed E-state index contributed by atoms with van der Waals surface area (Å²) in [6.45, 7) is 4.30. The number of carbonyl (C=O) groups is 1. The molecule has 5 nitrogen and oxygen atoms in total. The molecule has 0 radical (unpaired) electrons. The Bertz CT molecular complexity index is 739. The van der Waals surface area contributed by atoms with Gasteiger partial charge in [-0.3, -0.25) is 4.79 Å². The van der Waals surface area contributed by atoms with E-state index in [1.807, 2.05) is 50.2 Å². The Morgan fingerprint density at radius 3 is 2.61 bits per heavy atom. The van der Waals surface area contributed by atoms with E-state index in [4.69, 9.17) is 15.3 Å². The SMILES string of the molecule is CO/N=C(/C(N)=O)c1ccccc1COc1cc(C)ccc1C. The van der Waals surface area contributed by atoms with Crippen molar-refractivity contribution in [2.45, 2.75) is 20.5 Å². The van der Waals surface area contributed by atoms with Gasteiger partial charge in [-0.05, 0) is 36.6 Å². The zero-order chi connectivity index (χ0) is 16.8. The first-order chi connectivity index (χ1) is 11.0. The van der Waals surface area contributed by atoms with Crippen LogP contribution in [0.15, 0.2) is 47.6 Å². The minimum Gasteiger partial charge on any atom is -0.489 e. The first-order valence-electron chi connectivity index (χ1n) is 7.22. The zero-order valence-corrected chi connectivity index (χ0v) is 13.5. The lowest BCUT2D eigenvalue weighted by Crippen LogP contribution is -2.25. The maximum atomic E-state index is 11.6. The molecule has 0 saturated carbocycles. The molecule has 0 unspecified atom stereocenters. The van der Waals surface area contributed by atoms with E-state index in [2.05, 4.69) is 5.16 Å². The van der Waals surface area contributed by atoms with Crippen LogP contribution in [0.25, 0.3) is 0 Å². The van der Waals surface area contributed by atoms with Crippen LogP contribution in [-0.4, -0.2) is 18.7 Å². The van der Waals surface area contributed by atoms with Crippen molar-refractivity contribution in [1.29, 1.82) is 0 Å². The molecule has 0 aliphatic heterocycles. The predicted octanol–water partition coefficient (Wildman–Crippen LogP) is 2.72. The molecule has 0 heterocycles. The van der Waals surface area contributed by atoms with Crippen molar-refractivity contribution in [3.05, 3.63) is 64.7 Å². The first kappa shape index (κ1) is 16.5. The Kier molecular flexibility index (Phi) is 5.36. The highest BCUT2D eigenvalue weighted by atomic mass is 16.6. The molecule has 0 spiro atoms. The second-order valence-electron chi connectivity index (χ2n) is 5.20. The molecule has 0 aromatic heterocycles. The molecule has 2 aromatic carbocycles. The summed E-state index contributed by atoms with van der Waals surface area (Å²) in [6.07, 6.45) is 0. The van der Waals surface area contributed by atoms with E-state index in [-0.39, 0.29) is 5.71 Å². The Morgan fingerprint density at radius 1 is 1.17 bits per heavy atom. The Balaban J connectivity index is 2.29. The van der Waals surface area contributed by atoms with Crippen molar-refractivity contribution >= 4 is 11.6 Å². The van der Waals surface area contributed by atoms with E-state index in [9.17, 15) is 4.79 Å². The highest BCUT2D eigenvalue weighted by molar-refractivity contribution is 6.45. The zero-order valence-electron chi connectivity index (χ0n) is 13.5. The van der Waals surface area contributed by atoms with Gasteiger partial charge in [0.15, 0.2) is 5.71 Å². The van der Waals surface area contributed by atoms with Crippen molar-refractivity contribution in [1.82, 2.24) is 0 Å². The molecule has 0 fully saturated rings. The van der Waals surface area contributed by atoms with Crippen LogP contribution >= 0.6 is 0 Å². The molecule has 0 atom stereocenters. The molecule has 0 bridgehead atoms. The predicted molar refractivity (Wildman–Crippen MR) is 89.4 cm³/mol. The lowest BCUT2D eigenvalue weighted by molar-refractivity contribution is -0.112. The van der Waals surface area contributed by atoms with Gasteiger partial charge in [0.05, 0.1) is 0 Å². The average Bonchev–Trinajstić information content (AvgIpc) is 2.53. The van der Waals surface area contributed by atoms with Crippen LogP contribution in [0, 0.1) is 13.8 Å². The van der Waals surface area contributed by atoms with E-state index in [1.165, 1.54) is 7.11 Å². The van der Waals surface area contributed by atoms with Gasteiger partial charge < -0.3 is 15.3 Å². The monoisotopic (exact) mass is 312 g/mol. The smallest absolute Gasteiger partial charge is 0.271 e. The van der Waals surface area contributed by atoms with Gasteiger partial charge in [0.1, 0.15) is 19.5 Å². The lowest BCUT2D eigenvalue weighted by atomic mass is 10.0. The van der Waals surface area contributed by atoms with Crippen molar-refractivity contribution in [2.75, 3.05) is 7.11 Å². The molecule has 0 aliphatic carbocycles. The van der Waals surface area contributed by atoms with Gasteiger partial charge in [0.25, 0.3) is 5.91 Å². The number of aryl methyl sites for hydroxylation is 2. The fourth-order valence-electron chi connectivity index (χ4n) is 2.21. The quantitative estimate of drug-likeness (QED) is 0.658. The fourth-order valence-corrected chi connectivity index (χ4v) is 2.21. The highest BCUT2D eigenvalue weighted by Crippen LogP contribution is 2.21.